The smallest absolute Gasteiger partial charge is 0.462 e. The first-order valence-corrected chi connectivity index (χ1v) is 29.3. The van der Waals surface area contributed by atoms with E-state index in [1.165, 1.54) is 57.4 Å². The Morgan fingerprint density at radius 1 is 0.712 bits per heavy atom. The lowest BCUT2D eigenvalue weighted by Gasteiger charge is -2.21. The molecule has 1 aromatic rings. The summed E-state index contributed by atoms with van der Waals surface area (Å²) in [6.07, 6.45) is 35.1. The Bertz CT molecular complexity index is 2040. The summed E-state index contributed by atoms with van der Waals surface area (Å²) in [5, 5.41) is 20.9. The quantitative estimate of drug-likeness (QED) is 0.0134. The maximum absolute atomic E-state index is 12.9. The lowest BCUT2D eigenvalue weighted by atomic mass is 10.0. The third kappa shape index (κ3) is 29.3. The number of carbonyl (C=O) groups is 2. The maximum Gasteiger partial charge on any atom is 0.481 e. The van der Waals surface area contributed by atoms with Gasteiger partial charge in [0.25, 0.3) is 0 Å². The first-order valence-electron chi connectivity index (χ1n) is 26.3. The molecule has 3 rings (SSSR count). The van der Waals surface area contributed by atoms with Crippen LogP contribution in [0.5, 0.6) is 0 Å². The molecule has 0 radical (unpaired) electrons. The van der Waals surface area contributed by atoms with Crippen LogP contribution in [0.2, 0.25) is 0 Å². The maximum atomic E-state index is 12.9. The molecule has 414 valence electrons. The van der Waals surface area contributed by atoms with Crippen molar-refractivity contribution in [3.05, 3.63) is 83.5 Å². The minimum Gasteiger partial charge on any atom is -0.462 e. The lowest BCUT2D eigenvalue weighted by Crippen LogP contribution is -2.36. The third-order valence-electron chi connectivity index (χ3n) is 12.0. The molecule has 3 heterocycles. The van der Waals surface area contributed by atoms with E-state index < -0.39 is 83.7 Å². The molecule has 19 nitrogen and oxygen atoms in total. The van der Waals surface area contributed by atoms with Crippen molar-refractivity contribution in [2.24, 2.45) is 5.92 Å². The first kappa shape index (κ1) is 63.7. The second kappa shape index (κ2) is 36.4. The average molecular weight is 1070 g/mol. The van der Waals surface area contributed by atoms with Crippen molar-refractivity contribution in [1.82, 2.24) is 9.55 Å². The van der Waals surface area contributed by atoms with E-state index in [2.05, 4.69) is 66.5 Å². The van der Waals surface area contributed by atoms with Crippen LogP contribution >= 0.6 is 15.6 Å². The van der Waals surface area contributed by atoms with Gasteiger partial charge >= 0.3 is 33.3 Å². The zero-order valence-corrected chi connectivity index (χ0v) is 45.1. The second-order valence-electron chi connectivity index (χ2n) is 18.9. The molecule has 0 saturated carbocycles. The molecule has 0 aliphatic carbocycles. The summed E-state index contributed by atoms with van der Waals surface area (Å²) < 4.78 is 62.4. The fraction of sp³-hybridized carbons (Fsp3) is 0.692. The molecule has 2 saturated heterocycles. The predicted octanol–water partition coefficient (Wildman–Crippen LogP) is 9.96. The summed E-state index contributed by atoms with van der Waals surface area (Å²) in [5.74, 6) is -0.629. The highest BCUT2D eigenvalue weighted by atomic mass is 31.3. The number of hydrogen-bond acceptors (Lipinski definition) is 16. The van der Waals surface area contributed by atoms with E-state index in [1.807, 2.05) is 24.3 Å². The summed E-state index contributed by atoms with van der Waals surface area (Å²) in [6.45, 7) is 4.27. The van der Waals surface area contributed by atoms with E-state index in [0.29, 0.717) is 31.5 Å². The number of nitrogen functional groups attached to an aromatic ring is 1. The van der Waals surface area contributed by atoms with Gasteiger partial charge in [-0.15, -0.1) is 0 Å². The summed E-state index contributed by atoms with van der Waals surface area (Å²) in [6, 6.07) is 1.24. The molecule has 21 heteroatoms. The van der Waals surface area contributed by atoms with Crippen LogP contribution in [0.4, 0.5) is 5.82 Å². The molecule has 4 unspecified atom stereocenters. The largest absolute Gasteiger partial charge is 0.481 e. The van der Waals surface area contributed by atoms with Crippen LogP contribution in [0.15, 0.2) is 77.8 Å². The Hall–Kier alpha value is -3.58. The fourth-order valence-corrected chi connectivity index (χ4v) is 9.91. The number of anilines is 1. The number of nitrogens with two attached hydrogens (primary N) is 1. The number of aliphatic hydroxyl groups is 2. The van der Waals surface area contributed by atoms with Crippen LogP contribution in [0.1, 0.15) is 168 Å². The van der Waals surface area contributed by atoms with Gasteiger partial charge in [-0.2, -0.15) is 9.29 Å². The highest BCUT2D eigenvalue weighted by Gasteiger charge is 2.46. The van der Waals surface area contributed by atoms with E-state index in [0.717, 1.165) is 74.5 Å². The molecular formula is C52H85N3O16P2. The Kier molecular flexibility index (Phi) is 31.8. The number of epoxide rings is 1. The minimum atomic E-state index is -5.44. The van der Waals surface area contributed by atoms with Crippen LogP contribution in [0, 0.1) is 5.92 Å². The summed E-state index contributed by atoms with van der Waals surface area (Å²) >= 11 is 0. The van der Waals surface area contributed by atoms with Gasteiger partial charge in [0, 0.05) is 19.0 Å². The minimum absolute atomic E-state index is 0.0795. The highest BCUT2D eigenvalue weighted by Crippen LogP contribution is 2.60. The van der Waals surface area contributed by atoms with Crippen molar-refractivity contribution in [2.75, 3.05) is 25.6 Å². The number of esters is 2. The summed E-state index contributed by atoms with van der Waals surface area (Å²) in [7, 11) is -10.9. The van der Waals surface area contributed by atoms with Gasteiger partial charge in [0.15, 0.2) is 12.3 Å². The van der Waals surface area contributed by atoms with E-state index in [4.69, 9.17) is 33.7 Å². The molecule has 1 aromatic heterocycles. The molecule has 6 N–H and O–H groups in total. The van der Waals surface area contributed by atoms with Gasteiger partial charge in [-0.1, -0.05) is 159 Å². The Labute approximate surface area is 432 Å². The van der Waals surface area contributed by atoms with Gasteiger partial charge in [0.2, 0.25) is 0 Å². The van der Waals surface area contributed by atoms with E-state index in [1.54, 1.807) is 0 Å². The number of unbranched alkanes of at least 4 members (excludes halogenated alkanes) is 11. The van der Waals surface area contributed by atoms with Crippen molar-refractivity contribution in [3.8, 4) is 0 Å². The lowest BCUT2D eigenvalue weighted by molar-refractivity contribution is -0.161. The molecule has 0 spiro atoms. The van der Waals surface area contributed by atoms with Gasteiger partial charge < -0.3 is 44.7 Å². The molecular weight excluding hydrogens is 985 g/mol. The molecule has 0 aromatic carbocycles. The number of aromatic nitrogens is 2. The van der Waals surface area contributed by atoms with E-state index >= 15 is 0 Å². The number of phosphoric ester groups is 2. The molecule has 73 heavy (non-hydrogen) atoms. The van der Waals surface area contributed by atoms with E-state index in [-0.39, 0.29) is 18.7 Å². The average Bonchev–Trinajstić information content (AvgIpc) is 4.03. The van der Waals surface area contributed by atoms with Crippen molar-refractivity contribution < 1.29 is 71.0 Å². The summed E-state index contributed by atoms with van der Waals surface area (Å²) in [5.41, 5.74) is 4.58. The van der Waals surface area contributed by atoms with E-state index in [9.17, 15) is 43.5 Å². The standard InChI is InChI=1S/C52H85N3O16P2/c1-4-5-26-32-43-44(69-43)33-28-23-19-15-11-7-9-13-17-21-25-30-35-48(57)68-42(38-65-47(56)34-29-24-20-16-12-8-6-10-14-18-22-27-31-41(2)3)39-66-72(61,62)71-73(63,64)67-40-45-49(58)50(59)51(70-45)55-37-36-46(53)54-52(55)60/h5,9,11,13,15,21,23,25-26,28,36-37,41-45,49-51,58-59H,4,6-8,10,12,14,16-20,22,24,27,29-35,38-40H2,1-3H3,(H,61,62)(H,63,64)(H2,53,54,60)/b13-9-,15-11-,25-21-,26-5-,28-23-/t42-,43?,44?,45-,49-,50-,51-/m1/s1. The normalized spacial score (nSPS) is 22.3. The fourth-order valence-electron chi connectivity index (χ4n) is 7.80. The summed E-state index contributed by atoms with van der Waals surface area (Å²) in [4.78, 5) is 61.9. The van der Waals surface area contributed by atoms with Crippen molar-refractivity contribution in [2.45, 2.75) is 205 Å². The third-order valence-corrected chi connectivity index (χ3v) is 14.6. The Morgan fingerprint density at radius 3 is 1.85 bits per heavy atom. The molecule has 0 bridgehead atoms. The number of phosphoric acid groups is 2. The molecule has 2 fully saturated rings. The van der Waals surface area contributed by atoms with Crippen molar-refractivity contribution in [3.63, 3.8) is 0 Å². The zero-order chi connectivity index (χ0) is 53.3. The van der Waals surface area contributed by atoms with Crippen LogP contribution in [-0.2, 0) is 51.0 Å². The topological polar surface area (TPSA) is 278 Å². The van der Waals surface area contributed by atoms with Crippen LogP contribution in [0.3, 0.4) is 0 Å². The van der Waals surface area contributed by atoms with Crippen molar-refractivity contribution in [1.29, 1.82) is 0 Å². The highest BCUT2D eigenvalue weighted by molar-refractivity contribution is 7.61. The Morgan fingerprint density at radius 2 is 1.26 bits per heavy atom. The van der Waals surface area contributed by atoms with Crippen molar-refractivity contribution >= 4 is 33.4 Å². The van der Waals surface area contributed by atoms with Gasteiger partial charge in [-0.25, -0.2) is 13.9 Å². The molecule has 2 aliphatic heterocycles. The SMILES string of the molecule is CC/C=C\CC1OC1C/C=C\C/C=C\C/C=C\C/C=C\CCC(=O)O[C@H](COC(=O)CCCCCCCCCCCCCCC(C)C)COP(=O)(O)OP(=O)(O)OC[C@H]1O[C@@H](n2ccc(N)nc2=O)[C@H](O)[C@@H]1O. The number of hydrogen-bond donors (Lipinski definition) is 5. The molecule has 9 atom stereocenters. The number of aliphatic hydroxyl groups excluding tert-OH is 2. The monoisotopic (exact) mass is 1070 g/mol. The van der Waals surface area contributed by atoms with Crippen LogP contribution < -0.4 is 11.4 Å². The van der Waals surface area contributed by atoms with Gasteiger partial charge in [-0.05, 0) is 63.4 Å². The van der Waals surface area contributed by atoms with Crippen LogP contribution in [-0.4, -0.2) is 97.9 Å². The Balaban J connectivity index is 1.41. The van der Waals surface area contributed by atoms with Gasteiger partial charge in [-0.3, -0.25) is 23.2 Å². The number of allylic oxidation sites excluding steroid dienone is 8. The zero-order valence-electron chi connectivity index (χ0n) is 43.3. The molecule has 2 aliphatic rings. The number of ether oxygens (including phenoxy) is 4. The number of nitrogens with zero attached hydrogens (tertiary/aromatic N) is 2. The second-order valence-corrected chi connectivity index (χ2v) is 21.9. The van der Waals surface area contributed by atoms with Gasteiger partial charge in [0.1, 0.15) is 30.7 Å². The van der Waals surface area contributed by atoms with Gasteiger partial charge in [0.05, 0.1) is 25.4 Å². The predicted molar refractivity (Wildman–Crippen MR) is 279 cm³/mol. The van der Waals surface area contributed by atoms with Crippen LogP contribution in [0.25, 0.3) is 0 Å². The number of rotatable bonds is 41. The first-order chi connectivity index (χ1) is 35.0. The number of carbonyl (C=O) groups excluding carboxylic acids is 2. The molecule has 0 amide bonds.